The van der Waals surface area contributed by atoms with Gasteiger partial charge in [-0.3, -0.25) is 15.2 Å². The van der Waals surface area contributed by atoms with Gasteiger partial charge < -0.3 is 9.47 Å². The first-order valence-corrected chi connectivity index (χ1v) is 6.05. The van der Waals surface area contributed by atoms with E-state index in [1.165, 1.54) is 18.2 Å². The number of benzene rings is 1. The molecule has 0 spiro atoms. The van der Waals surface area contributed by atoms with E-state index < -0.39 is 10.9 Å². The topological polar surface area (TPSA) is 120 Å². The molecule has 0 amide bonds. The summed E-state index contributed by atoms with van der Waals surface area (Å²) in [5, 5.41) is 16.9. The number of ether oxygens (including phenoxy) is 2. The number of non-ortho nitro benzene ring substituents is 1. The van der Waals surface area contributed by atoms with Gasteiger partial charge in [-0.15, -0.1) is 5.10 Å². The maximum Gasteiger partial charge on any atom is 0.378 e. The lowest BCUT2D eigenvalue weighted by atomic mass is 10.3. The molecule has 1 aromatic carbocycles. The molecule has 21 heavy (non-hydrogen) atoms. The number of hydrogen-bond acceptors (Lipinski definition) is 7. The van der Waals surface area contributed by atoms with Crippen molar-refractivity contribution in [2.45, 2.75) is 13.5 Å². The van der Waals surface area contributed by atoms with Crippen molar-refractivity contribution in [1.29, 1.82) is 0 Å². The summed E-state index contributed by atoms with van der Waals surface area (Å²) >= 11 is 0. The zero-order valence-corrected chi connectivity index (χ0v) is 11.1. The van der Waals surface area contributed by atoms with E-state index in [1.54, 1.807) is 13.0 Å². The summed E-state index contributed by atoms with van der Waals surface area (Å²) in [6.45, 7) is 1.90. The van der Waals surface area contributed by atoms with Gasteiger partial charge in [0, 0.05) is 6.07 Å². The van der Waals surface area contributed by atoms with E-state index in [0.29, 0.717) is 11.6 Å². The number of carbonyl (C=O) groups excluding carboxylic acids is 1. The summed E-state index contributed by atoms with van der Waals surface area (Å²) in [5.41, 5.74) is -0.0720. The Morgan fingerprint density at radius 3 is 3.00 bits per heavy atom. The molecule has 0 aliphatic carbocycles. The molecule has 0 saturated carbocycles. The van der Waals surface area contributed by atoms with Crippen LogP contribution >= 0.6 is 0 Å². The number of hydrogen-bond donors (Lipinski definition) is 1. The van der Waals surface area contributed by atoms with Gasteiger partial charge in [-0.05, 0) is 13.0 Å². The minimum Gasteiger partial charge on any atom is -0.485 e. The molecule has 0 radical (unpaired) electrons. The normalized spacial score (nSPS) is 10.1. The van der Waals surface area contributed by atoms with Gasteiger partial charge in [0.2, 0.25) is 0 Å². The third kappa shape index (κ3) is 3.75. The monoisotopic (exact) mass is 292 g/mol. The predicted molar refractivity (Wildman–Crippen MR) is 69.8 cm³/mol. The lowest BCUT2D eigenvalue weighted by molar-refractivity contribution is -0.384. The van der Waals surface area contributed by atoms with Crippen LogP contribution in [0.4, 0.5) is 5.69 Å². The SMILES string of the molecule is CCOC(=O)c1n[nH]c(COc2cccc([N+](=O)[O-])c2)n1. The molecule has 0 bridgehead atoms. The average molecular weight is 292 g/mol. The lowest BCUT2D eigenvalue weighted by Gasteiger charge is -2.03. The predicted octanol–water partition coefficient (Wildman–Crippen LogP) is 1.47. The Labute approximate surface area is 119 Å². The lowest BCUT2D eigenvalue weighted by Crippen LogP contribution is -2.07. The maximum atomic E-state index is 11.4. The molecule has 0 fully saturated rings. The summed E-state index contributed by atoms with van der Waals surface area (Å²) < 4.78 is 10.1. The fourth-order valence-corrected chi connectivity index (χ4v) is 1.49. The third-order valence-electron chi connectivity index (χ3n) is 2.39. The molecule has 0 aliphatic heterocycles. The molecule has 9 nitrogen and oxygen atoms in total. The largest absolute Gasteiger partial charge is 0.485 e. The molecule has 1 heterocycles. The quantitative estimate of drug-likeness (QED) is 0.486. The van der Waals surface area contributed by atoms with Gasteiger partial charge in [-0.1, -0.05) is 6.07 Å². The molecule has 9 heteroatoms. The third-order valence-corrected chi connectivity index (χ3v) is 2.39. The van der Waals surface area contributed by atoms with Crippen molar-refractivity contribution in [1.82, 2.24) is 15.2 Å². The number of nitro groups is 1. The molecule has 0 unspecified atom stereocenters. The highest BCUT2D eigenvalue weighted by molar-refractivity contribution is 5.84. The Hall–Kier alpha value is -2.97. The fourth-order valence-electron chi connectivity index (χ4n) is 1.49. The molecular weight excluding hydrogens is 280 g/mol. The van der Waals surface area contributed by atoms with Gasteiger partial charge >= 0.3 is 5.97 Å². The molecular formula is C12H12N4O5. The van der Waals surface area contributed by atoms with E-state index in [-0.39, 0.29) is 24.7 Å². The second kappa shape index (κ2) is 6.46. The molecule has 0 saturated heterocycles. The Bertz CT molecular complexity index is 655. The van der Waals surface area contributed by atoms with E-state index in [9.17, 15) is 14.9 Å². The summed E-state index contributed by atoms with van der Waals surface area (Å²) in [7, 11) is 0. The number of aromatic nitrogens is 3. The Balaban J connectivity index is 1.98. The van der Waals surface area contributed by atoms with Gasteiger partial charge in [0.05, 0.1) is 17.6 Å². The Morgan fingerprint density at radius 2 is 2.29 bits per heavy atom. The molecule has 2 aromatic rings. The molecule has 1 aromatic heterocycles. The van der Waals surface area contributed by atoms with E-state index >= 15 is 0 Å². The van der Waals surface area contributed by atoms with Crippen LogP contribution < -0.4 is 4.74 Å². The zero-order chi connectivity index (χ0) is 15.2. The smallest absolute Gasteiger partial charge is 0.378 e. The first-order valence-electron chi connectivity index (χ1n) is 6.05. The summed E-state index contributed by atoms with van der Waals surface area (Å²) in [4.78, 5) is 25.4. The number of aromatic amines is 1. The van der Waals surface area contributed by atoms with Gasteiger partial charge in [0.1, 0.15) is 12.4 Å². The van der Waals surface area contributed by atoms with E-state index in [0.717, 1.165) is 0 Å². The van der Waals surface area contributed by atoms with Crippen molar-refractivity contribution in [2.75, 3.05) is 6.61 Å². The number of esters is 1. The van der Waals surface area contributed by atoms with Crippen molar-refractivity contribution in [3.8, 4) is 5.75 Å². The number of H-pyrrole nitrogens is 1. The number of nitrogens with zero attached hydrogens (tertiary/aromatic N) is 3. The van der Waals surface area contributed by atoms with E-state index in [4.69, 9.17) is 9.47 Å². The second-order valence-electron chi connectivity index (χ2n) is 3.87. The van der Waals surface area contributed by atoms with Crippen LogP contribution in [0, 0.1) is 10.1 Å². The minimum absolute atomic E-state index is 0.00638. The van der Waals surface area contributed by atoms with Crippen molar-refractivity contribution in [2.24, 2.45) is 0 Å². The van der Waals surface area contributed by atoms with Crippen molar-refractivity contribution >= 4 is 11.7 Å². The van der Waals surface area contributed by atoms with Crippen LogP contribution in [0.2, 0.25) is 0 Å². The molecule has 110 valence electrons. The summed E-state index contributed by atoms with van der Waals surface area (Å²) in [5.74, 6) is -0.0901. The van der Waals surface area contributed by atoms with Crippen LogP contribution in [0.15, 0.2) is 24.3 Å². The molecule has 0 atom stereocenters. The van der Waals surface area contributed by atoms with Crippen molar-refractivity contribution < 1.29 is 19.2 Å². The van der Waals surface area contributed by atoms with Gasteiger partial charge in [0.15, 0.2) is 5.82 Å². The van der Waals surface area contributed by atoms with Crippen LogP contribution in [-0.2, 0) is 11.3 Å². The second-order valence-corrected chi connectivity index (χ2v) is 3.87. The number of nitrogens with one attached hydrogen (secondary N) is 1. The van der Waals surface area contributed by atoms with E-state index in [2.05, 4.69) is 15.2 Å². The van der Waals surface area contributed by atoms with Crippen molar-refractivity contribution in [3.05, 3.63) is 46.0 Å². The fraction of sp³-hybridized carbons (Fsp3) is 0.250. The highest BCUT2D eigenvalue weighted by Gasteiger charge is 2.14. The van der Waals surface area contributed by atoms with Crippen LogP contribution in [0.25, 0.3) is 0 Å². The summed E-state index contributed by atoms with van der Waals surface area (Å²) in [6, 6.07) is 5.75. The number of rotatable bonds is 6. The standard InChI is InChI=1S/C12H12N4O5/c1-2-20-12(17)11-13-10(14-15-11)7-21-9-5-3-4-8(6-9)16(18)19/h3-6H,2,7H2,1H3,(H,13,14,15). The molecule has 2 rings (SSSR count). The van der Waals surface area contributed by atoms with Gasteiger partial charge in [-0.25, -0.2) is 9.78 Å². The summed E-state index contributed by atoms with van der Waals surface area (Å²) in [6.07, 6.45) is 0. The first kappa shape index (κ1) is 14.4. The highest BCUT2D eigenvalue weighted by atomic mass is 16.6. The van der Waals surface area contributed by atoms with Crippen LogP contribution in [0.5, 0.6) is 5.75 Å². The van der Waals surface area contributed by atoms with E-state index in [1.807, 2.05) is 0 Å². The van der Waals surface area contributed by atoms with Crippen molar-refractivity contribution in [3.63, 3.8) is 0 Å². The highest BCUT2D eigenvalue weighted by Crippen LogP contribution is 2.19. The van der Waals surface area contributed by atoms with Crippen LogP contribution in [0.1, 0.15) is 23.4 Å². The Morgan fingerprint density at radius 1 is 1.48 bits per heavy atom. The minimum atomic E-state index is -0.629. The van der Waals surface area contributed by atoms with Gasteiger partial charge in [0.25, 0.3) is 11.5 Å². The van der Waals surface area contributed by atoms with Gasteiger partial charge in [-0.2, -0.15) is 0 Å². The van der Waals surface area contributed by atoms with Crippen LogP contribution in [0.3, 0.4) is 0 Å². The number of carbonyl (C=O) groups is 1. The average Bonchev–Trinajstić information content (AvgIpc) is 2.95. The zero-order valence-electron chi connectivity index (χ0n) is 11.1. The number of nitro benzene ring substituents is 1. The molecule has 1 N–H and O–H groups in total. The first-order chi connectivity index (χ1) is 10.1. The molecule has 0 aliphatic rings. The maximum absolute atomic E-state index is 11.4. The van der Waals surface area contributed by atoms with Crippen LogP contribution in [-0.4, -0.2) is 32.7 Å². The Kier molecular flexibility index (Phi) is 4.44.